The maximum atomic E-state index is 12.6. The Bertz CT molecular complexity index is 1160. The Morgan fingerprint density at radius 2 is 1.86 bits per heavy atom. The van der Waals surface area contributed by atoms with Crippen molar-refractivity contribution >= 4 is 45.2 Å². The summed E-state index contributed by atoms with van der Waals surface area (Å²) in [6.45, 7) is 7.05. The third-order valence-electron chi connectivity index (χ3n) is 5.32. The number of carbonyl (C=O) groups is 2. The second kappa shape index (κ2) is 12.7. The summed E-state index contributed by atoms with van der Waals surface area (Å²) in [6, 6.07) is 13.2. The molecule has 0 unspecified atom stereocenters. The maximum absolute atomic E-state index is 12.6. The standard InChI is InChI=1S/C25H30BrN5O3S/c1-5-31-22(14-27-23(32)12-17-6-9-19(34-4)10-7-17)29-30-25(31)35-15-24(33)28-21-11-8-18(26)13-20(21)16(2)3/h6-11,13,16H,5,12,14-15H2,1-4H3,(H,27,32)(H,28,33). The van der Waals surface area contributed by atoms with E-state index in [2.05, 4.69) is 50.6 Å². The Kier molecular flexibility index (Phi) is 9.73. The molecule has 186 valence electrons. The molecular weight excluding hydrogens is 530 g/mol. The van der Waals surface area contributed by atoms with Crippen LogP contribution in [0.1, 0.15) is 43.6 Å². The molecule has 8 nitrogen and oxygen atoms in total. The van der Waals surface area contributed by atoms with Crippen molar-refractivity contribution in [3.8, 4) is 5.75 Å². The number of benzene rings is 2. The number of methoxy groups -OCH3 is 1. The number of amides is 2. The lowest BCUT2D eigenvalue weighted by Crippen LogP contribution is -2.26. The summed E-state index contributed by atoms with van der Waals surface area (Å²) < 4.78 is 8.03. The molecule has 0 radical (unpaired) electrons. The van der Waals surface area contributed by atoms with Gasteiger partial charge in [-0.15, -0.1) is 10.2 Å². The van der Waals surface area contributed by atoms with Gasteiger partial charge in [0.25, 0.3) is 0 Å². The zero-order valence-corrected chi connectivity index (χ0v) is 22.7. The monoisotopic (exact) mass is 559 g/mol. The van der Waals surface area contributed by atoms with E-state index in [1.807, 2.05) is 54.0 Å². The summed E-state index contributed by atoms with van der Waals surface area (Å²) in [5.74, 6) is 1.66. The van der Waals surface area contributed by atoms with Crippen LogP contribution in [0.3, 0.4) is 0 Å². The predicted octanol–water partition coefficient (Wildman–Crippen LogP) is 4.78. The first kappa shape index (κ1) is 26.7. The molecule has 10 heteroatoms. The van der Waals surface area contributed by atoms with Crippen molar-refractivity contribution < 1.29 is 14.3 Å². The number of halogens is 1. The van der Waals surface area contributed by atoms with Crippen LogP contribution in [-0.4, -0.2) is 39.4 Å². The number of carbonyl (C=O) groups excluding carboxylic acids is 2. The molecule has 0 saturated heterocycles. The highest BCUT2D eigenvalue weighted by Gasteiger charge is 2.16. The second-order valence-electron chi connectivity index (χ2n) is 8.17. The molecule has 0 atom stereocenters. The lowest BCUT2D eigenvalue weighted by atomic mass is 10.0. The van der Waals surface area contributed by atoms with Gasteiger partial charge in [-0.25, -0.2) is 0 Å². The van der Waals surface area contributed by atoms with Crippen LogP contribution in [0.5, 0.6) is 5.75 Å². The summed E-state index contributed by atoms with van der Waals surface area (Å²) in [5.41, 5.74) is 2.78. The van der Waals surface area contributed by atoms with E-state index < -0.39 is 0 Å². The van der Waals surface area contributed by atoms with Gasteiger partial charge in [0.1, 0.15) is 5.75 Å². The number of nitrogens with zero attached hydrogens (tertiary/aromatic N) is 3. The summed E-state index contributed by atoms with van der Waals surface area (Å²) in [5, 5.41) is 15.0. The van der Waals surface area contributed by atoms with Crippen LogP contribution in [0.2, 0.25) is 0 Å². The van der Waals surface area contributed by atoms with Crippen LogP contribution in [0.4, 0.5) is 5.69 Å². The highest BCUT2D eigenvalue weighted by Crippen LogP contribution is 2.28. The summed E-state index contributed by atoms with van der Waals surface area (Å²) in [7, 11) is 1.61. The van der Waals surface area contributed by atoms with Crippen molar-refractivity contribution in [3.63, 3.8) is 0 Å². The first-order valence-corrected chi connectivity index (χ1v) is 13.1. The van der Waals surface area contributed by atoms with Gasteiger partial charge in [-0.1, -0.05) is 53.7 Å². The molecule has 1 aromatic heterocycles. The van der Waals surface area contributed by atoms with E-state index in [1.54, 1.807) is 7.11 Å². The van der Waals surface area contributed by atoms with Crippen molar-refractivity contribution in [3.05, 3.63) is 63.9 Å². The molecule has 0 fully saturated rings. The van der Waals surface area contributed by atoms with Crippen molar-refractivity contribution in [1.82, 2.24) is 20.1 Å². The Hall–Kier alpha value is -2.85. The molecule has 2 aromatic carbocycles. The quantitative estimate of drug-likeness (QED) is 0.328. The first-order chi connectivity index (χ1) is 16.8. The topological polar surface area (TPSA) is 98.1 Å². The minimum Gasteiger partial charge on any atom is -0.497 e. The molecule has 35 heavy (non-hydrogen) atoms. The number of aromatic nitrogens is 3. The van der Waals surface area contributed by atoms with E-state index >= 15 is 0 Å². The molecule has 0 aliphatic heterocycles. The molecule has 0 saturated carbocycles. The first-order valence-electron chi connectivity index (χ1n) is 11.3. The molecule has 3 rings (SSSR count). The van der Waals surface area contributed by atoms with Gasteiger partial charge in [0.2, 0.25) is 11.8 Å². The molecule has 3 aromatic rings. The van der Waals surface area contributed by atoms with Gasteiger partial charge < -0.3 is 19.9 Å². The Morgan fingerprint density at radius 1 is 1.11 bits per heavy atom. The Labute approximate surface area is 218 Å². The SMILES string of the molecule is CCn1c(CNC(=O)Cc2ccc(OC)cc2)nnc1SCC(=O)Nc1ccc(Br)cc1C(C)C. The fraction of sp³-hybridized carbons (Fsp3) is 0.360. The molecule has 2 amide bonds. The summed E-state index contributed by atoms with van der Waals surface area (Å²) in [6.07, 6.45) is 0.264. The number of rotatable bonds is 11. The van der Waals surface area contributed by atoms with Crippen molar-refractivity contribution in [2.24, 2.45) is 0 Å². The van der Waals surface area contributed by atoms with E-state index in [0.29, 0.717) is 17.5 Å². The fourth-order valence-electron chi connectivity index (χ4n) is 3.48. The third kappa shape index (κ3) is 7.57. The van der Waals surface area contributed by atoms with Crippen LogP contribution in [0.15, 0.2) is 52.1 Å². The second-order valence-corrected chi connectivity index (χ2v) is 10.0. The van der Waals surface area contributed by atoms with E-state index in [1.165, 1.54) is 11.8 Å². The van der Waals surface area contributed by atoms with E-state index in [-0.39, 0.29) is 36.5 Å². The number of nitrogens with one attached hydrogen (secondary N) is 2. The third-order valence-corrected chi connectivity index (χ3v) is 6.78. The van der Waals surface area contributed by atoms with Crippen LogP contribution < -0.4 is 15.4 Å². The number of anilines is 1. The van der Waals surface area contributed by atoms with E-state index in [0.717, 1.165) is 27.0 Å². The van der Waals surface area contributed by atoms with Gasteiger partial charge in [0.05, 0.1) is 25.8 Å². The van der Waals surface area contributed by atoms with Gasteiger partial charge in [-0.3, -0.25) is 9.59 Å². The minimum atomic E-state index is -0.112. The molecule has 0 spiro atoms. The average Bonchev–Trinajstić information content (AvgIpc) is 3.24. The molecule has 0 aliphatic carbocycles. The average molecular weight is 561 g/mol. The van der Waals surface area contributed by atoms with Crippen molar-refractivity contribution in [2.75, 3.05) is 18.2 Å². The lowest BCUT2D eigenvalue weighted by molar-refractivity contribution is -0.120. The van der Waals surface area contributed by atoms with E-state index in [4.69, 9.17) is 4.74 Å². The predicted molar refractivity (Wildman–Crippen MR) is 142 cm³/mol. The van der Waals surface area contributed by atoms with Crippen LogP contribution in [-0.2, 0) is 29.1 Å². The zero-order valence-electron chi connectivity index (χ0n) is 20.3. The zero-order chi connectivity index (χ0) is 25.4. The molecule has 1 heterocycles. The number of ether oxygens (including phenoxy) is 1. The van der Waals surface area contributed by atoms with Gasteiger partial charge in [0.15, 0.2) is 11.0 Å². The van der Waals surface area contributed by atoms with Crippen molar-refractivity contribution in [2.45, 2.75) is 51.4 Å². The lowest BCUT2D eigenvalue weighted by Gasteiger charge is -2.14. The maximum Gasteiger partial charge on any atom is 0.234 e. The summed E-state index contributed by atoms with van der Waals surface area (Å²) >= 11 is 4.81. The minimum absolute atomic E-state index is 0.107. The highest BCUT2D eigenvalue weighted by atomic mass is 79.9. The van der Waals surface area contributed by atoms with Gasteiger partial charge in [-0.2, -0.15) is 0 Å². The fourth-order valence-corrected chi connectivity index (χ4v) is 4.68. The Morgan fingerprint density at radius 3 is 2.51 bits per heavy atom. The molecular formula is C25H30BrN5O3S. The van der Waals surface area contributed by atoms with Gasteiger partial charge >= 0.3 is 0 Å². The van der Waals surface area contributed by atoms with Gasteiger partial charge in [0, 0.05) is 16.7 Å². The van der Waals surface area contributed by atoms with Crippen LogP contribution in [0, 0.1) is 0 Å². The number of hydrogen-bond donors (Lipinski definition) is 2. The van der Waals surface area contributed by atoms with Gasteiger partial charge in [-0.05, 0) is 54.3 Å². The summed E-state index contributed by atoms with van der Waals surface area (Å²) in [4.78, 5) is 25.0. The van der Waals surface area contributed by atoms with Crippen LogP contribution in [0.25, 0.3) is 0 Å². The number of hydrogen-bond acceptors (Lipinski definition) is 6. The smallest absolute Gasteiger partial charge is 0.234 e. The Balaban J connectivity index is 1.54. The van der Waals surface area contributed by atoms with Crippen LogP contribution >= 0.6 is 27.7 Å². The normalized spacial score (nSPS) is 10.9. The number of thioether (sulfide) groups is 1. The highest BCUT2D eigenvalue weighted by molar-refractivity contribution is 9.10. The molecule has 0 bridgehead atoms. The largest absolute Gasteiger partial charge is 0.497 e. The van der Waals surface area contributed by atoms with Crippen molar-refractivity contribution in [1.29, 1.82) is 0 Å². The van der Waals surface area contributed by atoms with E-state index in [9.17, 15) is 9.59 Å². The molecule has 2 N–H and O–H groups in total. The molecule has 0 aliphatic rings.